The van der Waals surface area contributed by atoms with Crippen molar-refractivity contribution in [3.63, 3.8) is 0 Å². The van der Waals surface area contributed by atoms with E-state index in [0.29, 0.717) is 6.42 Å². The van der Waals surface area contributed by atoms with Crippen LogP contribution < -0.4 is 4.72 Å². The number of carboxylic acid groups (broad SMARTS) is 1. The highest BCUT2D eigenvalue weighted by Crippen LogP contribution is 2.13. The lowest BCUT2D eigenvalue weighted by Gasteiger charge is -2.14. The molecule has 0 unspecified atom stereocenters. The summed E-state index contributed by atoms with van der Waals surface area (Å²) < 4.78 is 26.4. The van der Waals surface area contributed by atoms with Crippen molar-refractivity contribution >= 4 is 21.8 Å². The molecule has 0 aliphatic heterocycles. The van der Waals surface area contributed by atoms with E-state index >= 15 is 0 Å². The molecule has 0 radical (unpaired) electrons. The number of nitrogens with one attached hydrogen (secondary N) is 1. The molecular weight excluding hydrogens is 282 g/mol. The Morgan fingerprint density at radius 2 is 2.00 bits per heavy atom. The van der Waals surface area contributed by atoms with E-state index < -0.39 is 22.0 Å². The molecule has 2 N–H and O–H groups in total. The third-order valence-corrected chi connectivity index (χ3v) is 4.19. The molecule has 110 valence electrons. The van der Waals surface area contributed by atoms with Gasteiger partial charge < -0.3 is 5.11 Å². The van der Waals surface area contributed by atoms with Crippen molar-refractivity contribution in [3.8, 4) is 0 Å². The number of benzene rings is 1. The number of Topliss-reactive ketones (excluding diaryl/α,β-unsaturated/α-hetero) is 1. The number of aliphatic carboxylic acids is 1. The van der Waals surface area contributed by atoms with Crippen LogP contribution >= 0.6 is 0 Å². The number of carbonyl (C=O) groups is 2. The zero-order valence-corrected chi connectivity index (χ0v) is 12.1. The molecular formula is C13H17NO5S. The molecule has 0 fully saturated rings. The van der Waals surface area contributed by atoms with Gasteiger partial charge in [-0.1, -0.05) is 25.5 Å². The summed E-state index contributed by atoms with van der Waals surface area (Å²) in [5.74, 6) is -1.48. The Balaban J connectivity index is 3.07. The van der Waals surface area contributed by atoms with E-state index in [9.17, 15) is 18.0 Å². The molecule has 0 aliphatic carbocycles. The normalized spacial score (nSPS) is 12.9. The first-order valence-corrected chi connectivity index (χ1v) is 7.62. The van der Waals surface area contributed by atoms with Crippen molar-refractivity contribution in [3.05, 3.63) is 29.8 Å². The molecule has 20 heavy (non-hydrogen) atoms. The molecule has 1 atom stereocenters. The van der Waals surface area contributed by atoms with Gasteiger partial charge in [-0.05, 0) is 25.5 Å². The summed E-state index contributed by atoms with van der Waals surface area (Å²) in [4.78, 5) is 22.1. The van der Waals surface area contributed by atoms with Gasteiger partial charge in [0.1, 0.15) is 6.04 Å². The molecule has 0 bridgehead atoms. The number of sulfonamides is 1. The molecule has 0 spiro atoms. The molecule has 0 aromatic heterocycles. The SMILES string of the molecule is CCC[C@@H](NS(=O)(=O)c1cccc(C(C)=O)c1)C(=O)O. The number of hydrogen-bond acceptors (Lipinski definition) is 4. The van der Waals surface area contributed by atoms with E-state index in [0.717, 1.165) is 0 Å². The van der Waals surface area contributed by atoms with Crippen LogP contribution in [-0.2, 0) is 14.8 Å². The third-order valence-electron chi connectivity index (χ3n) is 2.72. The van der Waals surface area contributed by atoms with Gasteiger partial charge in [-0.25, -0.2) is 8.42 Å². The third kappa shape index (κ3) is 4.14. The van der Waals surface area contributed by atoms with Crippen molar-refractivity contribution in [2.75, 3.05) is 0 Å². The Kier molecular flexibility index (Phi) is 5.41. The first kappa shape index (κ1) is 16.3. The van der Waals surface area contributed by atoms with Crippen molar-refractivity contribution < 1.29 is 23.1 Å². The average molecular weight is 299 g/mol. The van der Waals surface area contributed by atoms with Crippen LogP contribution in [0.25, 0.3) is 0 Å². The molecule has 0 saturated heterocycles. The van der Waals surface area contributed by atoms with Crippen LogP contribution in [0.2, 0.25) is 0 Å². The van der Waals surface area contributed by atoms with Crippen LogP contribution in [0, 0.1) is 0 Å². The average Bonchev–Trinajstić information content (AvgIpc) is 2.38. The minimum atomic E-state index is -3.97. The first-order chi connectivity index (χ1) is 9.27. The highest BCUT2D eigenvalue weighted by atomic mass is 32.2. The Morgan fingerprint density at radius 3 is 2.50 bits per heavy atom. The number of ketones is 1. The molecule has 1 rings (SSSR count). The highest BCUT2D eigenvalue weighted by Gasteiger charge is 2.24. The van der Waals surface area contributed by atoms with Crippen LogP contribution in [0.3, 0.4) is 0 Å². The molecule has 0 heterocycles. The summed E-state index contributed by atoms with van der Waals surface area (Å²) in [6, 6.07) is 4.32. The van der Waals surface area contributed by atoms with E-state index in [-0.39, 0.29) is 22.7 Å². The molecule has 7 heteroatoms. The minimum Gasteiger partial charge on any atom is -0.480 e. The predicted octanol–water partition coefficient (Wildman–Crippen LogP) is 1.42. The Hall–Kier alpha value is -1.73. The van der Waals surface area contributed by atoms with E-state index in [1.54, 1.807) is 6.92 Å². The standard InChI is InChI=1S/C13H17NO5S/c1-3-5-12(13(16)17)14-20(18,19)11-7-4-6-10(8-11)9(2)15/h4,6-8,12,14H,3,5H2,1-2H3,(H,16,17)/t12-/m1/s1. The van der Waals surface area contributed by atoms with Crippen LogP contribution in [0.4, 0.5) is 0 Å². The van der Waals surface area contributed by atoms with Gasteiger partial charge in [0.25, 0.3) is 0 Å². The van der Waals surface area contributed by atoms with Crippen molar-refractivity contribution in [2.45, 2.75) is 37.6 Å². The number of carbonyl (C=O) groups excluding carboxylic acids is 1. The molecule has 1 aromatic carbocycles. The second-order valence-electron chi connectivity index (χ2n) is 4.38. The van der Waals surface area contributed by atoms with Gasteiger partial charge >= 0.3 is 5.97 Å². The van der Waals surface area contributed by atoms with Crippen LogP contribution in [0.15, 0.2) is 29.2 Å². The lowest BCUT2D eigenvalue weighted by atomic mass is 10.2. The second kappa shape index (κ2) is 6.62. The van der Waals surface area contributed by atoms with E-state index in [2.05, 4.69) is 4.72 Å². The molecule has 0 amide bonds. The molecule has 0 saturated carbocycles. The quantitative estimate of drug-likeness (QED) is 0.742. The van der Waals surface area contributed by atoms with Gasteiger partial charge in [0.15, 0.2) is 5.78 Å². The Morgan fingerprint density at radius 1 is 1.35 bits per heavy atom. The topological polar surface area (TPSA) is 101 Å². The van der Waals surface area contributed by atoms with E-state index in [4.69, 9.17) is 5.11 Å². The monoisotopic (exact) mass is 299 g/mol. The second-order valence-corrected chi connectivity index (χ2v) is 6.10. The smallest absolute Gasteiger partial charge is 0.321 e. The van der Waals surface area contributed by atoms with Crippen LogP contribution in [0.5, 0.6) is 0 Å². The van der Waals surface area contributed by atoms with Crippen LogP contribution in [0.1, 0.15) is 37.0 Å². The summed E-state index contributed by atoms with van der Waals surface area (Å²) in [6.45, 7) is 3.09. The zero-order valence-electron chi connectivity index (χ0n) is 11.3. The van der Waals surface area contributed by atoms with Crippen molar-refractivity contribution in [1.82, 2.24) is 4.72 Å². The first-order valence-electron chi connectivity index (χ1n) is 6.14. The maximum absolute atomic E-state index is 12.1. The lowest BCUT2D eigenvalue weighted by Crippen LogP contribution is -2.40. The Bertz CT molecular complexity index is 609. The Labute approximate surface area is 117 Å². The summed E-state index contributed by atoms with van der Waals surface area (Å²) >= 11 is 0. The predicted molar refractivity (Wildman–Crippen MR) is 73.1 cm³/mol. The van der Waals surface area contributed by atoms with Crippen LogP contribution in [-0.4, -0.2) is 31.3 Å². The molecule has 1 aromatic rings. The lowest BCUT2D eigenvalue weighted by molar-refractivity contribution is -0.139. The zero-order chi connectivity index (χ0) is 15.3. The fourth-order valence-corrected chi connectivity index (χ4v) is 2.93. The summed E-state index contributed by atoms with van der Waals surface area (Å²) in [7, 11) is -3.97. The van der Waals surface area contributed by atoms with Gasteiger partial charge in [0, 0.05) is 5.56 Å². The van der Waals surface area contributed by atoms with Gasteiger partial charge in [-0.15, -0.1) is 0 Å². The minimum absolute atomic E-state index is 0.118. The maximum atomic E-state index is 12.1. The van der Waals surface area contributed by atoms with Crippen molar-refractivity contribution in [1.29, 1.82) is 0 Å². The fourth-order valence-electron chi connectivity index (χ4n) is 1.66. The summed E-state index contributed by atoms with van der Waals surface area (Å²) in [5.41, 5.74) is 0.259. The van der Waals surface area contributed by atoms with Crippen molar-refractivity contribution in [2.24, 2.45) is 0 Å². The number of hydrogen-bond donors (Lipinski definition) is 2. The van der Waals surface area contributed by atoms with Gasteiger partial charge in [-0.2, -0.15) is 4.72 Å². The highest BCUT2D eigenvalue weighted by molar-refractivity contribution is 7.89. The number of rotatable bonds is 7. The van der Waals surface area contributed by atoms with E-state index in [1.807, 2.05) is 0 Å². The summed E-state index contributed by atoms with van der Waals surface area (Å²) in [5, 5.41) is 8.98. The van der Waals surface area contributed by atoms with Gasteiger partial charge in [-0.3, -0.25) is 9.59 Å². The molecule has 0 aliphatic rings. The molecule has 6 nitrogen and oxygen atoms in total. The van der Waals surface area contributed by atoms with E-state index in [1.165, 1.54) is 31.2 Å². The maximum Gasteiger partial charge on any atom is 0.321 e. The van der Waals surface area contributed by atoms with Gasteiger partial charge in [0.2, 0.25) is 10.0 Å². The fraction of sp³-hybridized carbons (Fsp3) is 0.385. The number of carboxylic acids is 1. The largest absolute Gasteiger partial charge is 0.480 e. The summed E-state index contributed by atoms with van der Waals surface area (Å²) in [6.07, 6.45) is 0.730. The van der Waals surface area contributed by atoms with Gasteiger partial charge in [0.05, 0.1) is 4.90 Å².